The molecule has 0 saturated carbocycles. The Bertz CT molecular complexity index is 703. The first-order valence-electron chi connectivity index (χ1n) is 6.92. The van der Waals surface area contributed by atoms with Crippen LogP contribution < -0.4 is 5.32 Å². The van der Waals surface area contributed by atoms with Gasteiger partial charge in [-0.05, 0) is 37.3 Å². The number of halogens is 2. The smallest absolute Gasteiger partial charge is 0.233 e. The molecule has 0 aliphatic carbocycles. The highest BCUT2D eigenvalue weighted by Crippen LogP contribution is 2.21. The van der Waals surface area contributed by atoms with Gasteiger partial charge in [-0.15, -0.1) is 0 Å². The zero-order chi connectivity index (χ0) is 17.0. The van der Waals surface area contributed by atoms with Gasteiger partial charge in [-0.3, -0.25) is 9.59 Å². The first-order valence-corrected chi connectivity index (χ1v) is 7.30. The summed E-state index contributed by atoms with van der Waals surface area (Å²) in [7, 11) is 1.59. The van der Waals surface area contributed by atoms with E-state index in [2.05, 4.69) is 5.32 Å². The van der Waals surface area contributed by atoms with E-state index in [0.29, 0.717) is 11.4 Å². The number of carbonyl (C=O) groups excluding carboxylic acids is 2. The fraction of sp³-hybridized carbons (Fsp3) is 0.250. The van der Waals surface area contributed by atoms with Crippen molar-refractivity contribution in [3.05, 3.63) is 53.2 Å². The minimum atomic E-state index is -0.576. The van der Waals surface area contributed by atoms with Crippen LogP contribution in [0.25, 0.3) is 0 Å². The summed E-state index contributed by atoms with van der Waals surface area (Å²) in [4.78, 5) is 25.5. The average molecular weight is 339 g/mol. The monoisotopic (exact) mass is 338 g/mol. The quantitative estimate of drug-likeness (QED) is 0.847. The van der Waals surface area contributed by atoms with Crippen LogP contribution in [0.4, 0.5) is 10.1 Å². The summed E-state index contributed by atoms with van der Waals surface area (Å²) < 4.78 is 18.3. The molecule has 1 aromatic carbocycles. The van der Waals surface area contributed by atoms with Crippen molar-refractivity contribution in [2.24, 2.45) is 0 Å². The minimum Gasteiger partial charge on any atom is -0.467 e. The molecule has 0 aliphatic heterocycles. The highest BCUT2D eigenvalue weighted by Gasteiger charge is 2.21. The van der Waals surface area contributed by atoms with Gasteiger partial charge in [0.1, 0.15) is 18.0 Å². The molecule has 0 spiro atoms. The van der Waals surface area contributed by atoms with Crippen molar-refractivity contribution < 1.29 is 18.4 Å². The molecule has 1 N–H and O–H groups in total. The number of rotatable bonds is 5. The fourth-order valence-corrected chi connectivity index (χ4v) is 2.16. The number of nitrogens with one attached hydrogen (secondary N) is 1. The number of amides is 2. The van der Waals surface area contributed by atoms with Gasteiger partial charge in [-0.2, -0.15) is 0 Å². The molecule has 0 radical (unpaired) electrons. The zero-order valence-corrected chi connectivity index (χ0v) is 13.4. The predicted octanol–water partition coefficient (Wildman–Crippen LogP) is 3.62. The van der Waals surface area contributed by atoms with Gasteiger partial charge in [-0.1, -0.05) is 11.6 Å². The Morgan fingerprint density at radius 2 is 2.13 bits per heavy atom. The Labute approximate surface area is 138 Å². The van der Waals surface area contributed by atoms with Crippen molar-refractivity contribution in [3.8, 4) is 0 Å². The normalized spacial score (nSPS) is 11.8. The van der Waals surface area contributed by atoms with E-state index in [1.54, 1.807) is 26.1 Å². The molecule has 0 saturated heterocycles. The summed E-state index contributed by atoms with van der Waals surface area (Å²) in [6.45, 7) is 1.80. The molecule has 0 unspecified atom stereocenters. The van der Waals surface area contributed by atoms with Crippen molar-refractivity contribution >= 4 is 29.1 Å². The van der Waals surface area contributed by atoms with Crippen molar-refractivity contribution in [1.29, 1.82) is 0 Å². The van der Waals surface area contributed by atoms with Crippen LogP contribution in [0.2, 0.25) is 5.02 Å². The maximum absolute atomic E-state index is 13.1. The van der Waals surface area contributed by atoms with Crippen LogP contribution in [0.15, 0.2) is 41.0 Å². The average Bonchev–Trinajstić information content (AvgIpc) is 3.03. The molecular weight excluding hydrogens is 323 g/mol. The van der Waals surface area contributed by atoms with Crippen molar-refractivity contribution in [2.45, 2.75) is 19.4 Å². The molecule has 7 heteroatoms. The summed E-state index contributed by atoms with van der Waals surface area (Å²) in [5.74, 6) is -0.810. The third-order valence-electron chi connectivity index (χ3n) is 3.44. The molecule has 23 heavy (non-hydrogen) atoms. The standard InChI is InChI=1S/C16H16ClFN2O3/c1-10(14-4-3-7-23-14)20(2)16(22)9-15(21)19-11-5-6-13(18)12(17)8-11/h3-8,10H,9H2,1-2H3,(H,19,21)/t10-/m1/s1. The lowest BCUT2D eigenvalue weighted by Crippen LogP contribution is -2.32. The Morgan fingerprint density at radius 1 is 1.39 bits per heavy atom. The van der Waals surface area contributed by atoms with Gasteiger partial charge in [0.15, 0.2) is 0 Å². The first-order chi connectivity index (χ1) is 10.9. The number of hydrogen-bond acceptors (Lipinski definition) is 3. The van der Waals surface area contributed by atoms with Crippen molar-refractivity contribution in [3.63, 3.8) is 0 Å². The van der Waals surface area contributed by atoms with Crippen LogP contribution in [0.1, 0.15) is 25.1 Å². The number of benzene rings is 1. The Morgan fingerprint density at radius 3 is 2.74 bits per heavy atom. The second-order valence-electron chi connectivity index (χ2n) is 5.05. The second-order valence-corrected chi connectivity index (χ2v) is 5.46. The lowest BCUT2D eigenvalue weighted by Gasteiger charge is -2.23. The summed E-state index contributed by atoms with van der Waals surface area (Å²) in [5.41, 5.74) is 0.330. The fourth-order valence-electron chi connectivity index (χ4n) is 1.98. The minimum absolute atomic E-state index is 0.0994. The molecule has 1 heterocycles. The van der Waals surface area contributed by atoms with Gasteiger partial charge in [0.2, 0.25) is 11.8 Å². The van der Waals surface area contributed by atoms with Gasteiger partial charge >= 0.3 is 0 Å². The molecule has 0 bridgehead atoms. The van der Waals surface area contributed by atoms with E-state index in [1.165, 1.54) is 23.3 Å². The predicted molar refractivity (Wildman–Crippen MR) is 84.5 cm³/mol. The van der Waals surface area contributed by atoms with E-state index >= 15 is 0 Å². The summed E-state index contributed by atoms with van der Waals surface area (Å²) in [5, 5.41) is 2.41. The van der Waals surface area contributed by atoms with Crippen LogP contribution in [-0.2, 0) is 9.59 Å². The van der Waals surface area contributed by atoms with Crippen LogP contribution in [0.3, 0.4) is 0 Å². The Kier molecular flexibility index (Phi) is 5.39. The molecule has 122 valence electrons. The highest BCUT2D eigenvalue weighted by atomic mass is 35.5. The molecule has 2 rings (SSSR count). The zero-order valence-electron chi connectivity index (χ0n) is 12.7. The molecule has 2 amide bonds. The summed E-state index contributed by atoms with van der Waals surface area (Å²) in [6.07, 6.45) is 1.19. The van der Waals surface area contributed by atoms with Crippen molar-refractivity contribution in [2.75, 3.05) is 12.4 Å². The van der Waals surface area contributed by atoms with Crippen LogP contribution in [-0.4, -0.2) is 23.8 Å². The number of anilines is 1. The van der Waals surface area contributed by atoms with E-state index in [1.807, 2.05) is 0 Å². The second kappa shape index (κ2) is 7.28. The molecular formula is C16H16ClFN2O3. The summed E-state index contributed by atoms with van der Waals surface area (Å²) in [6, 6.07) is 7.01. The third-order valence-corrected chi connectivity index (χ3v) is 3.73. The van der Waals surface area contributed by atoms with Gasteiger partial charge in [-0.25, -0.2) is 4.39 Å². The maximum atomic E-state index is 13.1. The van der Waals surface area contributed by atoms with Gasteiger partial charge in [0.25, 0.3) is 0 Å². The largest absolute Gasteiger partial charge is 0.467 e. The molecule has 0 fully saturated rings. The van der Waals surface area contributed by atoms with E-state index < -0.39 is 11.7 Å². The first kappa shape index (κ1) is 17.0. The molecule has 1 aromatic heterocycles. The summed E-state index contributed by atoms with van der Waals surface area (Å²) >= 11 is 5.64. The van der Waals surface area contributed by atoms with Gasteiger partial charge < -0.3 is 14.6 Å². The van der Waals surface area contributed by atoms with E-state index in [9.17, 15) is 14.0 Å². The van der Waals surface area contributed by atoms with Gasteiger partial charge in [0, 0.05) is 12.7 Å². The topological polar surface area (TPSA) is 62.6 Å². The Balaban J connectivity index is 1.93. The van der Waals surface area contributed by atoms with E-state index in [-0.39, 0.29) is 23.4 Å². The van der Waals surface area contributed by atoms with Crippen LogP contribution >= 0.6 is 11.6 Å². The lowest BCUT2D eigenvalue weighted by atomic mass is 10.2. The SMILES string of the molecule is C[C@H](c1ccco1)N(C)C(=O)CC(=O)Nc1ccc(F)c(Cl)c1. The molecule has 1 atom stereocenters. The number of nitrogens with zero attached hydrogens (tertiary/aromatic N) is 1. The number of carbonyl (C=O) groups is 2. The third kappa shape index (κ3) is 4.32. The lowest BCUT2D eigenvalue weighted by molar-refractivity contribution is -0.135. The molecule has 0 aliphatic rings. The Hall–Kier alpha value is -2.34. The van der Waals surface area contributed by atoms with Crippen molar-refractivity contribution in [1.82, 2.24) is 4.90 Å². The molecule has 5 nitrogen and oxygen atoms in total. The van der Waals surface area contributed by atoms with Gasteiger partial charge in [0.05, 0.1) is 17.3 Å². The number of furan rings is 1. The molecule has 2 aromatic rings. The maximum Gasteiger partial charge on any atom is 0.233 e. The van der Waals surface area contributed by atoms with Crippen LogP contribution in [0, 0.1) is 5.82 Å². The van der Waals surface area contributed by atoms with E-state index in [0.717, 1.165) is 6.07 Å². The van der Waals surface area contributed by atoms with E-state index in [4.69, 9.17) is 16.0 Å². The number of hydrogen-bond donors (Lipinski definition) is 1. The highest BCUT2D eigenvalue weighted by molar-refractivity contribution is 6.31. The van der Waals surface area contributed by atoms with Crippen LogP contribution in [0.5, 0.6) is 0 Å².